The van der Waals surface area contributed by atoms with Gasteiger partial charge in [0, 0.05) is 31.9 Å². The molecule has 0 spiro atoms. The Balaban J connectivity index is 1.90. The van der Waals surface area contributed by atoms with E-state index >= 15 is 0 Å². The lowest BCUT2D eigenvalue weighted by molar-refractivity contribution is -0.00623. The summed E-state index contributed by atoms with van der Waals surface area (Å²) in [5, 5.41) is 0. The molecule has 118 valence electrons. The van der Waals surface area contributed by atoms with Crippen LogP contribution in [-0.2, 0) is 18.2 Å². The lowest BCUT2D eigenvalue weighted by Crippen LogP contribution is -2.43. The zero-order valence-corrected chi connectivity index (χ0v) is 13.3. The van der Waals surface area contributed by atoms with Crippen LogP contribution in [0.3, 0.4) is 0 Å². The summed E-state index contributed by atoms with van der Waals surface area (Å²) in [6, 6.07) is 5.79. The molecule has 2 aromatic rings. The monoisotopic (exact) mass is 302 g/mol. The van der Waals surface area contributed by atoms with Crippen LogP contribution in [0, 0.1) is 6.92 Å². The molecule has 0 aromatic carbocycles. The van der Waals surface area contributed by atoms with Gasteiger partial charge in [-0.1, -0.05) is 6.92 Å². The number of ether oxygens (including phenoxy) is 1. The molecule has 0 N–H and O–H groups in total. The smallest absolute Gasteiger partial charge is 0.290 e. The highest BCUT2D eigenvalue weighted by Gasteiger charge is 2.32. The highest BCUT2D eigenvalue weighted by atomic mass is 16.5. The quantitative estimate of drug-likeness (QED) is 0.876. The van der Waals surface area contributed by atoms with Crippen molar-refractivity contribution in [3.8, 4) is 0 Å². The van der Waals surface area contributed by atoms with Crippen molar-refractivity contribution in [2.75, 3.05) is 19.8 Å². The van der Waals surface area contributed by atoms with Crippen LogP contribution in [0.2, 0.25) is 0 Å². The van der Waals surface area contributed by atoms with Crippen molar-refractivity contribution in [1.82, 2.24) is 9.47 Å². The maximum Gasteiger partial charge on any atom is 0.290 e. The van der Waals surface area contributed by atoms with E-state index in [2.05, 4.69) is 0 Å². The largest absolute Gasteiger partial charge is 0.456 e. The number of aromatic nitrogens is 1. The van der Waals surface area contributed by atoms with Gasteiger partial charge in [0.05, 0.1) is 19.3 Å². The van der Waals surface area contributed by atoms with E-state index in [0.717, 1.165) is 23.4 Å². The molecule has 1 aliphatic rings. The lowest BCUT2D eigenvalue weighted by atomic mass is 10.1. The molecule has 1 fully saturated rings. The van der Waals surface area contributed by atoms with E-state index in [9.17, 15) is 4.79 Å². The Morgan fingerprint density at radius 2 is 2.27 bits per heavy atom. The number of hydrogen-bond donors (Lipinski definition) is 0. The van der Waals surface area contributed by atoms with Crippen LogP contribution in [0.25, 0.3) is 0 Å². The molecule has 2 aromatic heterocycles. The summed E-state index contributed by atoms with van der Waals surface area (Å²) < 4.78 is 13.4. The third-order valence-electron chi connectivity index (χ3n) is 4.27. The minimum absolute atomic E-state index is 0.0581. The minimum atomic E-state index is -0.0725. The number of morpholine rings is 1. The van der Waals surface area contributed by atoms with Crippen molar-refractivity contribution in [3.63, 3.8) is 0 Å². The van der Waals surface area contributed by atoms with Gasteiger partial charge in [0.2, 0.25) is 0 Å². The number of carbonyl (C=O) groups excluding carboxylic acids is 1. The second-order valence-corrected chi connectivity index (χ2v) is 5.70. The number of aryl methyl sites for hydroxylation is 3. The summed E-state index contributed by atoms with van der Waals surface area (Å²) in [6.07, 6.45) is 2.78. The molecule has 22 heavy (non-hydrogen) atoms. The Labute approximate surface area is 130 Å². The molecule has 3 rings (SSSR count). The van der Waals surface area contributed by atoms with Gasteiger partial charge in [0.1, 0.15) is 5.76 Å². The Kier molecular flexibility index (Phi) is 4.07. The molecule has 5 nitrogen and oxygen atoms in total. The van der Waals surface area contributed by atoms with Crippen LogP contribution in [-0.4, -0.2) is 35.1 Å². The van der Waals surface area contributed by atoms with Crippen LogP contribution in [0.4, 0.5) is 0 Å². The number of hydrogen-bond acceptors (Lipinski definition) is 3. The summed E-state index contributed by atoms with van der Waals surface area (Å²) in [4.78, 5) is 14.7. The Bertz CT molecular complexity index is 671. The highest BCUT2D eigenvalue weighted by molar-refractivity contribution is 5.92. The van der Waals surface area contributed by atoms with Crippen molar-refractivity contribution < 1.29 is 13.9 Å². The molecule has 1 aliphatic heterocycles. The standard InChI is InChI=1S/C17H22N2O3/c1-4-15-12(2)10-16(22-15)17(20)19-8-9-21-11-14(19)13-6-5-7-18(13)3/h5-7,10,14H,4,8-9,11H2,1-3H3. The zero-order chi connectivity index (χ0) is 15.7. The molecular formula is C17H22N2O3. The number of furan rings is 1. The van der Waals surface area contributed by atoms with Crippen molar-refractivity contribution in [2.24, 2.45) is 7.05 Å². The Morgan fingerprint density at radius 3 is 2.91 bits per heavy atom. The molecule has 0 bridgehead atoms. The third-order valence-corrected chi connectivity index (χ3v) is 4.27. The third kappa shape index (κ3) is 2.57. The van der Waals surface area contributed by atoms with Crippen molar-refractivity contribution in [2.45, 2.75) is 26.3 Å². The van der Waals surface area contributed by atoms with Crippen LogP contribution in [0.5, 0.6) is 0 Å². The summed E-state index contributed by atoms with van der Waals surface area (Å²) >= 11 is 0. The molecule has 1 atom stereocenters. The summed E-state index contributed by atoms with van der Waals surface area (Å²) in [5.41, 5.74) is 2.11. The lowest BCUT2D eigenvalue weighted by Gasteiger charge is -2.35. The van der Waals surface area contributed by atoms with Gasteiger partial charge in [-0.3, -0.25) is 4.79 Å². The van der Waals surface area contributed by atoms with Gasteiger partial charge in [0.15, 0.2) is 5.76 Å². The molecule has 1 amide bonds. The second kappa shape index (κ2) is 6.01. The maximum absolute atomic E-state index is 12.9. The van der Waals surface area contributed by atoms with Crippen molar-refractivity contribution >= 4 is 5.91 Å². The topological polar surface area (TPSA) is 47.6 Å². The van der Waals surface area contributed by atoms with Gasteiger partial charge < -0.3 is 18.6 Å². The molecule has 3 heterocycles. The van der Waals surface area contributed by atoms with Crippen molar-refractivity contribution in [1.29, 1.82) is 0 Å². The summed E-state index contributed by atoms with van der Waals surface area (Å²) in [6.45, 7) is 5.67. The fraction of sp³-hybridized carbons (Fsp3) is 0.471. The first kappa shape index (κ1) is 14.9. The highest BCUT2D eigenvalue weighted by Crippen LogP contribution is 2.27. The number of nitrogens with zero attached hydrogens (tertiary/aromatic N) is 2. The molecule has 0 aliphatic carbocycles. The van der Waals surface area contributed by atoms with E-state index in [0.29, 0.717) is 25.5 Å². The van der Waals surface area contributed by atoms with Crippen LogP contribution >= 0.6 is 0 Å². The average Bonchev–Trinajstić information content (AvgIpc) is 3.12. The summed E-state index contributed by atoms with van der Waals surface area (Å²) in [5.74, 6) is 1.25. The minimum Gasteiger partial charge on any atom is -0.456 e. The zero-order valence-electron chi connectivity index (χ0n) is 13.3. The maximum atomic E-state index is 12.9. The predicted molar refractivity (Wildman–Crippen MR) is 82.8 cm³/mol. The van der Waals surface area contributed by atoms with E-state index < -0.39 is 0 Å². The first-order valence-corrected chi connectivity index (χ1v) is 7.71. The van der Waals surface area contributed by atoms with E-state index in [-0.39, 0.29) is 11.9 Å². The summed E-state index contributed by atoms with van der Waals surface area (Å²) in [7, 11) is 1.98. The van der Waals surface area contributed by atoms with Gasteiger partial charge in [-0.05, 0) is 30.7 Å². The Morgan fingerprint density at radius 1 is 1.45 bits per heavy atom. The van der Waals surface area contributed by atoms with Gasteiger partial charge in [-0.15, -0.1) is 0 Å². The normalized spacial score (nSPS) is 18.7. The molecule has 1 saturated heterocycles. The van der Waals surface area contributed by atoms with Gasteiger partial charge in [-0.25, -0.2) is 0 Å². The fourth-order valence-corrected chi connectivity index (χ4v) is 3.03. The molecule has 1 unspecified atom stereocenters. The SMILES string of the molecule is CCc1oc(C(=O)N2CCOCC2c2cccn2C)cc1C. The van der Waals surface area contributed by atoms with Crippen LogP contribution in [0.1, 0.15) is 40.5 Å². The Hall–Kier alpha value is -2.01. The van der Waals surface area contributed by atoms with E-state index in [1.165, 1.54) is 0 Å². The van der Waals surface area contributed by atoms with Gasteiger partial charge in [0.25, 0.3) is 5.91 Å². The molecular weight excluding hydrogens is 280 g/mol. The van der Waals surface area contributed by atoms with Crippen molar-refractivity contribution in [3.05, 3.63) is 47.2 Å². The van der Waals surface area contributed by atoms with Crippen LogP contribution < -0.4 is 0 Å². The predicted octanol–water partition coefficient (Wildman–Crippen LogP) is 2.70. The number of amides is 1. The van der Waals surface area contributed by atoms with Gasteiger partial charge >= 0.3 is 0 Å². The first-order valence-electron chi connectivity index (χ1n) is 7.71. The number of rotatable bonds is 3. The number of carbonyl (C=O) groups is 1. The molecule has 5 heteroatoms. The van der Waals surface area contributed by atoms with E-state index in [1.54, 1.807) is 0 Å². The van der Waals surface area contributed by atoms with Gasteiger partial charge in [-0.2, -0.15) is 0 Å². The molecule has 0 saturated carbocycles. The average molecular weight is 302 g/mol. The first-order chi connectivity index (χ1) is 10.6. The van der Waals surface area contributed by atoms with Crippen LogP contribution in [0.15, 0.2) is 28.8 Å². The van der Waals surface area contributed by atoms with E-state index in [4.69, 9.17) is 9.15 Å². The van der Waals surface area contributed by atoms with E-state index in [1.807, 2.05) is 54.8 Å². The second-order valence-electron chi connectivity index (χ2n) is 5.70. The fourth-order valence-electron chi connectivity index (χ4n) is 3.03. The molecule has 0 radical (unpaired) electrons.